The van der Waals surface area contributed by atoms with Gasteiger partial charge in [-0.2, -0.15) is 0 Å². The van der Waals surface area contributed by atoms with Gasteiger partial charge in [-0.3, -0.25) is 18.8 Å². The number of methoxy groups -OCH3 is 1. The molecule has 0 unspecified atom stereocenters. The first-order valence-corrected chi connectivity index (χ1v) is 9.93. The molecule has 3 heterocycles. The van der Waals surface area contributed by atoms with E-state index in [9.17, 15) is 9.59 Å². The van der Waals surface area contributed by atoms with Gasteiger partial charge in [-0.05, 0) is 49.2 Å². The maximum atomic E-state index is 12.4. The van der Waals surface area contributed by atoms with E-state index in [1.54, 1.807) is 20.2 Å². The van der Waals surface area contributed by atoms with Gasteiger partial charge in [0.15, 0.2) is 0 Å². The lowest BCUT2D eigenvalue weighted by Crippen LogP contribution is -2.38. The van der Waals surface area contributed by atoms with Gasteiger partial charge in [0.2, 0.25) is 0 Å². The molecule has 1 saturated heterocycles. The van der Waals surface area contributed by atoms with Crippen molar-refractivity contribution in [2.45, 2.75) is 31.8 Å². The van der Waals surface area contributed by atoms with E-state index in [2.05, 4.69) is 17.0 Å². The minimum atomic E-state index is -0.356. The van der Waals surface area contributed by atoms with Crippen molar-refractivity contribution in [2.75, 3.05) is 13.7 Å². The summed E-state index contributed by atoms with van der Waals surface area (Å²) in [6, 6.07) is 12.0. The first-order valence-electron chi connectivity index (χ1n) is 9.93. The van der Waals surface area contributed by atoms with Crippen LogP contribution in [-0.4, -0.2) is 32.7 Å². The lowest BCUT2D eigenvalue weighted by Gasteiger charge is -2.35. The van der Waals surface area contributed by atoms with Gasteiger partial charge < -0.3 is 4.74 Å². The average Bonchev–Trinajstić information content (AvgIpc) is 2.77. The highest BCUT2D eigenvalue weighted by Crippen LogP contribution is 2.32. The number of hydrogen-bond donors (Lipinski definition) is 0. The third-order valence-corrected chi connectivity index (χ3v) is 5.82. The monoisotopic (exact) mass is 394 g/mol. The van der Waals surface area contributed by atoms with E-state index in [0.29, 0.717) is 11.0 Å². The van der Waals surface area contributed by atoms with Crippen molar-refractivity contribution in [1.29, 1.82) is 0 Å². The van der Waals surface area contributed by atoms with E-state index in [4.69, 9.17) is 9.72 Å². The maximum absolute atomic E-state index is 12.4. The minimum absolute atomic E-state index is 0.161. The van der Waals surface area contributed by atoms with Crippen molar-refractivity contribution in [3.63, 3.8) is 0 Å². The molecular formula is C22H26N4O3. The van der Waals surface area contributed by atoms with Crippen LogP contribution in [0.4, 0.5) is 0 Å². The molecule has 3 aromatic rings. The molecule has 1 fully saturated rings. The molecule has 0 aliphatic carbocycles. The Kier molecular flexibility index (Phi) is 5.24. The summed E-state index contributed by atoms with van der Waals surface area (Å²) in [6.07, 6.45) is 3.30. The zero-order chi connectivity index (χ0) is 20.5. The fourth-order valence-electron chi connectivity index (χ4n) is 4.14. The van der Waals surface area contributed by atoms with E-state index in [-0.39, 0.29) is 17.3 Å². The van der Waals surface area contributed by atoms with Gasteiger partial charge in [-0.15, -0.1) is 0 Å². The summed E-state index contributed by atoms with van der Waals surface area (Å²) in [5.74, 6) is 0.850. The summed E-state index contributed by atoms with van der Waals surface area (Å²) in [5, 5.41) is 0.468. The Bertz CT molecular complexity index is 1150. The number of aryl methyl sites for hydroxylation is 1. The molecule has 4 rings (SSSR count). The fraction of sp³-hybridized carbons (Fsp3) is 0.409. The Labute approximate surface area is 169 Å². The standard InChI is InChI=1S/C22H26N4O3/c1-24-20-17(21(27)25(2)22(24)28)11-12-18(23-20)19-6-4-5-13-26(19)14-15-7-9-16(29-3)10-8-15/h7-12,19H,4-6,13-14H2,1-3H3/t19-/m1/s1. The number of ether oxygens (including phenoxy) is 1. The van der Waals surface area contributed by atoms with Crippen LogP contribution in [0.3, 0.4) is 0 Å². The molecule has 1 atom stereocenters. The fourth-order valence-corrected chi connectivity index (χ4v) is 4.14. The van der Waals surface area contributed by atoms with Gasteiger partial charge >= 0.3 is 5.69 Å². The van der Waals surface area contributed by atoms with Gasteiger partial charge in [0.1, 0.15) is 11.4 Å². The van der Waals surface area contributed by atoms with Crippen molar-refractivity contribution >= 4 is 11.0 Å². The highest BCUT2D eigenvalue weighted by molar-refractivity contribution is 5.74. The highest BCUT2D eigenvalue weighted by Gasteiger charge is 2.26. The predicted molar refractivity (Wildman–Crippen MR) is 112 cm³/mol. The molecule has 2 aromatic heterocycles. The maximum Gasteiger partial charge on any atom is 0.332 e. The van der Waals surface area contributed by atoms with Gasteiger partial charge in [-0.25, -0.2) is 9.78 Å². The van der Waals surface area contributed by atoms with Crippen LogP contribution in [0.1, 0.15) is 36.6 Å². The molecular weight excluding hydrogens is 368 g/mol. The van der Waals surface area contributed by atoms with Gasteiger partial charge in [0, 0.05) is 20.6 Å². The Hall–Kier alpha value is -2.93. The van der Waals surface area contributed by atoms with Crippen LogP contribution in [0.5, 0.6) is 5.75 Å². The van der Waals surface area contributed by atoms with Crippen molar-refractivity contribution < 1.29 is 4.74 Å². The number of piperidine rings is 1. The zero-order valence-corrected chi connectivity index (χ0v) is 17.1. The second kappa shape index (κ2) is 7.83. The number of fused-ring (bicyclic) bond motifs is 1. The van der Waals surface area contributed by atoms with E-state index in [1.165, 1.54) is 17.2 Å². The number of aromatic nitrogens is 3. The number of rotatable bonds is 4. The molecule has 152 valence electrons. The summed E-state index contributed by atoms with van der Waals surface area (Å²) < 4.78 is 7.83. The van der Waals surface area contributed by atoms with E-state index >= 15 is 0 Å². The Balaban J connectivity index is 1.70. The molecule has 0 N–H and O–H groups in total. The smallest absolute Gasteiger partial charge is 0.332 e. The van der Waals surface area contributed by atoms with Crippen molar-refractivity contribution in [3.05, 3.63) is 68.5 Å². The van der Waals surface area contributed by atoms with Gasteiger partial charge in [0.25, 0.3) is 5.56 Å². The number of nitrogens with zero attached hydrogens (tertiary/aromatic N) is 4. The van der Waals surface area contributed by atoms with E-state index in [1.807, 2.05) is 18.2 Å². The van der Waals surface area contributed by atoms with Crippen molar-refractivity contribution in [1.82, 2.24) is 19.0 Å². The molecule has 1 aliphatic heterocycles. The van der Waals surface area contributed by atoms with Crippen LogP contribution in [0.15, 0.2) is 46.0 Å². The topological polar surface area (TPSA) is 69.4 Å². The molecule has 1 aliphatic rings. The largest absolute Gasteiger partial charge is 0.497 e. The number of likely N-dealkylation sites (tertiary alicyclic amines) is 1. The second-order valence-electron chi connectivity index (χ2n) is 7.64. The van der Waals surface area contributed by atoms with E-state index in [0.717, 1.165) is 48.4 Å². The first-order chi connectivity index (χ1) is 14.0. The number of benzene rings is 1. The summed E-state index contributed by atoms with van der Waals surface area (Å²) in [4.78, 5) is 31.9. The SMILES string of the molecule is COc1ccc(CN2CCCC[C@@H]2c2ccc3c(=O)n(C)c(=O)n(C)c3n2)cc1. The van der Waals surface area contributed by atoms with Gasteiger partial charge in [0.05, 0.1) is 24.2 Å². The Morgan fingerprint density at radius 1 is 1.03 bits per heavy atom. The Morgan fingerprint density at radius 2 is 1.79 bits per heavy atom. The first kappa shape index (κ1) is 19.4. The molecule has 0 amide bonds. The van der Waals surface area contributed by atoms with Gasteiger partial charge in [-0.1, -0.05) is 18.6 Å². The predicted octanol–water partition coefficient (Wildman–Crippen LogP) is 2.37. The lowest BCUT2D eigenvalue weighted by atomic mass is 9.97. The van der Waals surface area contributed by atoms with Crippen LogP contribution < -0.4 is 16.0 Å². The molecule has 1 aromatic carbocycles. The Morgan fingerprint density at radius 3 is 2.52 bits per heavy atom. The van der Waals surface area contributed by atoms with E-state index < -0.39 is 0 Å². The van der Waals surface area contributed by atoms with Crippen molar-refractivity contribution in [3.8, 4) is 5.75 Å². The number of hydrogen-bond acceptors (Lipinski definition) is 5. The van der Waals surface area contributed by atoms with Crippen LogP contribution in [0.2, 0.25) is 0 Å². The van der Waals surface area contributed by atoms with Crippen LogP contribution in [0, 0.1) is 0 Å². The number of pyridine rings is 1. The summed E-state index contributed by atoms with van der Waals surface area (Å²) in [6.45, 7) is 1.82. The second-order valence-corrected chi connectivity index (χ2v) is 7.64. The zero-order valence-electron chi connectivity index (χ0n) is 17.1. The lowest BCUT2D eigenvalue weighted by molar-refractivity contribution is 0.137. The van der Waals surface area contributed by atoms with Crippen LogP contribution in [-0.2, 0) is 20.6 Å². The van der Waals surface area contributed by atoms with Crippen LogP contribution >= 0.6 is 0 Å². The minimum Gasteiger partial charge on any atom is -0.497 e. The third kappa shape index (κ3) is 3.58. The highest BCUT2D eigenvalue weighted by atomic mass is 16.5. The molecule has 0 spiro atoms. The third-order valence-electron chi connectivity index (χ3n) is 5.82. The molecule has 7 heteroatoms. The summed E-state index contributed by atoms with van der Waals surface area (Å²) in [5.41, 5.74) is 1.92. The normalized spacial score (nSPS) is 17.6. The average molecular weight is 394 g/mol. The van der Waals surface area contributed by atoms with Crippen LogP contribution in [0.25, 0.3) is 11.0 Å². The molecule has 29 heavy (non-hydrogen) atoms. The molecule has 0 saturated carbocycles. The molecule has 0 radical (unpaired) electrons. The van der Waals surface area contributed by atoms with Crippen molar-refractivity contribution in [2.24, 2.45) is 14.1 Å². The summed E-state index contributed by atoms with van der Waals surface area (Å²) in [7, 11) is 4.83. The quantitative estimate of drug-likeness (QED) is 0.680. The molecule has 7 nitrogen and oxygen atoms in total. The summed E-state index contributed by atoms with van der Waals surface area (Å²) >= 11 is 0. The molecule has 0 bridgehead atoms.